The van der Waals surface area contributed by atoms with E-state index in [0.29, 0.717) is 17.9 Å². The Kier molecular flexibility index (Phi) is 8.07. The lowest BCUT2D eigenvalue weighted by Gasteiger charge is -2.19. The highest BCUT2D eigenvalue weighted by molar-refractivity contribution is 5.94. The topological polar surface area (TPSA) is 87.7 Å². The lowest BCUT2D eigenvalue weighted by molar-refractivity contribution is -0.132. The van der Waals surface area contributed by atoms with Crippen LogP contribution in [0.25, 0.3) is 0 Å². The zero-order valence-electron chi connectivity index (χ0n) is 15.5. The molecular weight excluding hydrogens is 322 g/mol. The van der Waals surface area contributed by atoms with Crippen LogP contribution < -0.4 is 15.4 Å². The van der Waals surface area contributed by atoms with Gasteiger partial charge < -0.3 is 20.3 Å². The van der Waals surface area contributed by atoms with Gasteiger partial charge in [0.25, 0.3) is 5.91 Å². The molecule has 0 heterocycles. The Hall–Kier alpha value is -2.41. The second kappa shape index (κ2) is 9.78. The maximum atomic E-state index is 12.2. The molecule has 0 unspecified atom stereocenters. The van der Waals surface area contributed by atoms with Gasteiger partial charge in [0, 0.05) is 18.7 Å². The third kappa shape index (κ3) is 7.34. The van der Waals surface area contributed by atoms with Gasteiger partial charge in [-0.15, -0.1) is 0 Å². The number of Topliss-reactive ketones (excluding diaryl/α,β-unsaturated/α-hetero) is 1. The fraction of sp³-hybridized carbons (Fsp3) is 0.500. The van der Waals surface area contributed by atoms with Crippen LogP contribution in [-0.2, 0) is 9.59 Å². The van der Waals surface area contributed by atoms with Crippen molar-refractivity contribution in [2.24, 2.45) is 0 Å². The van der Waals surface area contributed by atoms with Crippen molar-refractivity contribution in [2.45, 2.75) is 32.9 Å². The number of rotatable bonds is 9. The van der Waals surface area contributed by atoms with Crippen LogP contribution in [0.15, 0.2) is 24.3 Å². The standard InChI is InChI=1S/C18H27N3O4/c1-12(17(23)19-9-10-21(4)5)20-18(24)14(3)25-16-8-6-7-15(11-16)13(2)22/h6-8,11-12,14H,9-10H2,1-5H3,(H,19,23)(H,20,24)/t12-,14+/m0/s1. The number of hydrogen-bond acceptors (Lipinski definition) is 5. The lowest BCUT2D eigenvalue weighted by atomic mass is 10.1. The van der Waals surface area contributed by atoms with Crippen LogP contribution in [0.3, 0.4) is 0 Å². The number of nitrogens with one attached hydrogen (secondary N) is 2. The Morgan fingerprint density at radius 1 is 1.16 bits per heavy atom. The number of ketones is 1. The largest absolute Gasteiger partial charge is 0.481 e. The molecule has 0 saturated carbocycles. The fourth-order valence-corrected chi connectivity index (χ4v) is 2.00. The van der Waals surface area contributed by atoms with Crippen LogP contribution in [0.5, 0.6) is 5.75 Å². The molecule has 0 bridgehead atoms. The van der Waals surface area contributed by atoms with Gasteiger partial charge in [0.2, 0.25) is 5.91 Å². The molecule has 138 valence electrons. The summed E-state index contributed by atoms with van der Waals surface area (Å²) in [6.07, 6.45) is -0.792. The van der Waals surface area contributed by atoms with E-state index >= 15 is 0 Å². The average Bonchev–Trinajstić information content (AvgIpc) is 2.54. The monoisotopic (exact) mass is 349 g/mol. The first-order valence-corrected chi connectivity index (χ1v) is 8.21. The van der Waals surface area contributed by atoms with Gasteiger partial charge in [0.05, 0.1) is 0 Å². The third-order valence-electron chi connectivity index (χ3n) is 3.53. The minimum atomic E-state index is -0.792. The zero-order valence-corrected chi connectivity index (χ0v) is 15.5. The second-order valence-electron chi connectivity index (χ2n) is 6.17. The van der Waals surface area contributed by atoms with Crippen LogP contribution in [0.1, 0.15) is 31.1 Å². The van der Waals surface area contributed by atoms with Crippen molar-refractivity contribution < 1.29 is 19.1 Å². The number of likely N-dealkylation sites (N-methyl/N-ethyl adjacent to an activating group) is 1. The number of amides is 2. The quantitative estimate of drug-likeness (QED) is 0.645. The van der Waals surface area contributed by atoms with E-state index in [1.54, 1.807) is 38.1 Å². The molecule has 0 fully saturated rings. The van der Waals surface area contributed by atoms with Gasteiger partial charge in [-0.2, -0.15) is 0 Å². The van der Waals surface area contributed by atoms with Crippen molar-refractivity contribution in [1.82, 2.24) is 15.5 Å². The lowest BCUT2D eigenvalue weighted by Crippen LogP contribution is -2.49. The van der Waals surface area contributed by atoms with Crippen LogP contribution in [0.4, 0.5) is 0 Å². The number of ether oxygens (including phenoxy) is 1. The number of nitrogens with zero attached hydrogens (tertiary/aromatic N) is 1. The molecule has 1 aromatic rings. The van der Waals surface area contributed by atoms with Crippen molar-refractivity contribution in [1.29, 1.82) is 0 Å². The van der Waals surface area contributed by atoms with Gasteiger partial charge in [0.15, 0.2) is 11.9 Å². The van der Waals surface area contributed by atoms with Crippen LogP contribution in [0, 0.1) is 0 Å². The van der Waals surface area contributed by atoms with Crippen LogP contribution >= 0.6 is 0 Å². The molecule has 2 atom stereocenters. The summed E-state index contributed by atoms with van der Waals surface area (Å²) in [5.41, 5.74) is 0.513. The predicted octanol–water partition coefficient (Wildman–Crippen LogP) is 0.839. The fourth-order valence-electron chi connectivity index (χ4n) is 2.00. The number of carbonyl (C=O) groups is 3. The Labute approximate surface area is 148 Å². The Morgan fingerprint density at radius 3 is 2.44 bits per heavy atom. The Bertz CT molecular complexity index is 616. The van der Waals surface area contributed by atoms with E-state index in [1.807, 2.05) is 19.0 Å². The first kappa shape index (κ1) is 20.6. The Morgan fingerprint density at radius 2 is 1.84 bits per heavy atom. The van der Waals surface area contributed by atoms with E-state index in [2.05, 4.69) is 10.6 Å². The van der Waals surface area contributed by atoms with Crippen molar-refractivity contribution in [3.63, 3.8) is 0 Å². The summed E-state index contributed by atoms with van der Waals surface area (Å²) in [7, 11) is 3.83. The molecule has 0 aromatic heterocycles. The summed E-state index contributed by atoms with van der Waals surface area (Å²) < 4.78 is 5.56. The van der Waals surface area contributed by atoms with E-state index < -0.39 is 18.1 Å². The molecule has 0 radical (unpaired) electrons. The predicted molar refractivity (Wildman–Crippen MR) is 95.7 cm³/mol. The summed E-state index contributed by atoms with van der Waals surface area (Å²) in [6.45, 7) is 5.90. The SMILES string of the molecule is CC(=O)c1cccc(O[C@H](C)C(=O)N[C@@H](C)C(=O)NCCN(C)C)c1. The maximum Gasteiger partial charge on any atom is 0.261 e. The highest BCUT2D eigenvalue weighted by Crippen LogP contribution is 2.15. The van der Waals surface area contributed by atoms with Crippen molar-refractivity contribution in [2.75, 3.05) is 27.2 Å². The minimum absolute atomic E-state index is 0.0782. The van der Waals surface area contributed by atoms with Gasteiger partial charge >= 0.3 is 0 Å². The summed E-state index contributed by atoms with van der Waals surface area (Å²) in [6, 6.07) is 5.97. The first-order chi connectivity index (χ1) is 11.7. The second-order valence-corrected chi connectivity index (χ2v) is 6.17. The van der Waals surface area contributed by atoms with E-state index in [9.17, 15) is 14.4 Å². The molecule has 0 aliphatic heterocycles. The number of benzene rings is 1. The maximum absolute atomic E-state index is 12.2. The molecule has 0 aliphatic rings. The number of hydrogen-bond donors (Lipinski definition) is 2. The molecule has 0 aliphatic carbocycles. The van der Waals surface area contributed by atoms with Gasteiger partial charge in [-0.3, -0.25) is 14.4 Å². The molecule has 25 heavy (non-hydrogen) atoms. The highest BCUT2D eigenvalue weighted by Gasteiger charge is 2.20. The van der Waals surface area contributed by atoms with Crippen LogP contribution in [-0.4, -0.2) is 61.8 Å². The normalized spacial score (nSPS) is 13.0. The van der Waals surface area contributed by atoms with Crippen LogP contribution in [0.2, 0.25) is 0 Å². The van der Waals surface area contributed by atoms with E-state index in [0.717, 1.165) is 6.54 Å². The van der Waals surface area contributed by atoms with Gasteiger partial charge in [-0.05, 0) is 47.0 Å². The summed E-state index contributed by atoms with van der Waals surface area (Å²) in [5.74, 6) is -0.298. The summed E-state index contributed by atoms with van der Waals surface area (Å²) in [5, 5.41) is 5.37. The molecular formula is C18H27N3O4. The van der Waals surface area contributed by atoms with E-state index in [-0.39, 0.29) is 11.7 Å². The molecule has 0 saturated heterocycles. The highest BCUT2D eigenvalue weighted by atomic mass is 16.5. The number of carbonyl (C=O) groups excluding carboxylic acids is 3. The third-order valence-corrected chi connectivity index (χ3v) is 3.53. The molecule has 7 heteroatoms. The molecule has 0 spiro atoms. The molecule has 1 rings (SSSR count). The van der Waals surface area contributed by atoms with Gasteiger partial charge in [-0.25, -0.2) is 0 Å². The Balaban J connectivity index is 2.51. The van der Waals surface area contributed by atoms with E-state index in [4.69, 9.17) is 4.74 Å². The molecule has 7 nitrogen and oxygen atoms in total. The average molecular weight is 349 g/mol. The molecule has 2 amide bonds. The van der Waals surface area contributed by atoms with Gasteiger partial charge in [0.1, 0.15) is 11.8 Å². The first-order valence-electron chi connectivity index (χ1n) is 8.21. The van der Waals surface area contributed by atoms with Crippen molar-refractivity contribution >= 4 is 17.6 Å². The van der Waals surface area contributed by atoms with Gasteiger partial charge in [-0.1, -0.05) is 12.1 Å². The van der Waals surface area contributed by atoms with E-state index in [1.165, 1.54) is 6.92 Å². The smallest absolute Gasteiger partial charge is 0.261 e. The molecule has 2 N–H and O–H groups in total. The van der Waals surface area contributed by atoms with Crippen molar-refractivity contribution in [3.8, 4) is 5.75 Å². The summed E-state index contributed by atoms with van der Waals surface area (Å²) in [4.78, 5) is 37.4. The molecule has 1 aromatic carbocycles. The van der Waals surface area contributed by atoms with Crippen molar-refractivity contribution in [3.05, 3.63) is 29.8 Å². The minimum Gasteiger partial charge on any atom is -0.481 e. The summed E-state index contributed by atoms with van der Waals surface area (Å²) >= 11 is 0. The zero-order chi connectivity index (χ0) is 19.0.